The molecule has 0 heterocycles. The molecule has 1 amide bonds. The van der Waals surface area contributed by atoms with Crippen LogP contribution in [-0.2, 0) is 9.73 Å². The highest BCUT2D eigenvalue weighted by molar-refractivity contribution is 6.30. The zero-order valence-electron chi connectivity index (χ0n) is 8.45. The molecule has 0 atom stereocenters. The Bertz CT molecular complexity index is 374. The number of carbonyl (C=O) groups is 1. The summed E-state index contributed by atoms with van der Waals surface area (Å²) in [5.41, 5.74) is 3.64. The van der Waals surface area contributed by atoms with Crippen LogP contribution in [-0.4, -0.2) is 11.6 Å². The molecule has 15 heavy (non-hydrogen) atoms. The Hall–Kier alpha value is -1.55. The molecular weight excluding hydrogens is 216 g/mol. The molecule has 1 rings (SSSR count). The maximum Gasteiger partial charge on any atom is 0.251 e. The molecular formula is C10H11ClN2O2. The van der Waals surface area contributed by atoms with Crippen molar-refractivity contribution in [2.45, 2.75) is 13.8 Å². The molecule has 1 aromatic rings. The summed E-state index contributed by atoms with van der Waals surface area (Å²) in [6.45, 7) is 3.11. The lowest BCUT2D eigenvalue weighted by Gasteiger charge is -2.01. The molecule has 0 fully saturated rings. The van der Waals surface area contributed by atoms with Gasteiger partial charge in [-0.2, -0.15) is 5.48 Å². The zero-order valence-corrected chi connectivity index (χ0v) is 9.21. The second kappa shape index (κ2) is 5.36. The zero-order chi connectivity index (χ0) is 11.3. The largest absolute Gasteiger partial charge is 0.272 e. The maximum absolute atomic E-state index is 10.5. The van der Waals surface area contributed by atoms with Crippen molar-refractivity contribution >= 4 is 23.2 Å². The first-order chi connectivity index (χ1) is 7.09. The predicted octanol–water partition coefficient (Wildman–Crippen LogP) is 2.13. The normalized spacial score (nSPS) is 11.0. The van der Waals surface area contributed by atoms with Gasteiger partial charge in [-0.1, -0.05) is 28.9 Å². The summed E-state index contributed by atoms with van der Waals surface area (Å²) in [6, 6.07) is 7.15. The fourth-order valence-corrected chi connectivity index (χ4v) is 1.03. The van der Waals surface area contributed by atoms with Crippen LogP contribution in [0.25, 0.3) is 0 Å². The van der Waals surface area contributed by atoms with Crippen molar-refractivity contribution in [3.63, 3.8) is 0 Å². The van der Waals surface area contributed by atoms with E-state index >= 15 is 0 Å². The second-order valence-electron chi connectivity index (χ2n) is 2.93. The number of nitrogens with one attached hydrogen (secondary N) is 1. The van der Waals surface area contributed by atoms with E-state index in [0.29, 0.717) is 10.7 Å². The molecule has 1 aromatic carbocycles. The van der Waals surface area contributed by atoms with Gasteiger partial charge in [0.15, 0.2) is 0 Å². The molecule has 0 unspecified atom stereocenters. The van der Waals surface area contributed by atoms with Gasteiger partial charge in [0.1, 0.15) is 0 Å². The molecule has 0 aromatic heterocycles. The molecule has 5 heteroatoms. The third-order valence-corrected chi connectivity index (χ3v) is 1.89. The topological polar surface area (TPSA) is 50.7 Å². The summed E-state index contributed by atoms with van der Waals surface area (Å²) in [5.74, 6) is -0.303. The van der Waals surface area contributed by atoms with Gasteiger partial charge in [-0.15, -0.1) is 0 Å². The summed E-state index contributed by atoms with van der Waals surface area (Å²) in [5, 5.41) is 4.37. The van der Waals surface area contributed by atoms with Crippen LogP contribution in [0.15, 0.2) is 29.4 Å². The van der Waals surface area contributed by atoms with Crippen molar-refractivity contribution in [2.24, 2.45) is 5.16 Å². The van der Waals surface area contributed by atoms with E-state index in [4.69, 9.17) is 11.6 Å². The van der Waals surface area contributed by atoms with E-state index in [1.54, 1.807) is 19.1 Å². The summed E-state index contributed by atoms with van der Waals surface area (Å²) >= 11 is 5.73. The minimum atomic E-state index is -0.303. The number of carbonyl (C=O) groups excluding carboxylic acids is 1. The van der Waals surface area contributed by atoms with Crippen LogP contribution in [0.3, 0.4) is 0 Å². The summed E-state index contributed by atoms with van der Waals surface area (Å²) in [7, 11) is 0. The Morgan fingerprint density at radius 2 is 1.93 bits per heavy atom. The fourth-order valence-electron chi connectivity index (χ4n) is 0.899. The number of benzene rings is 1. The molecule has 0 aliphatic rings. The Morgan fingerprint density at radius 1 is 1.33 bits per heavy atom. The third-order valence-electron chi connectivity index (χ3n) is 1.63. The third kappa shape index (κ3) is 3.99. The van der Waals surface area contributed by atoms with Gasteiger partial charge in [-0.25, -0.2) is 0 Å². The number of hydroxylamine groups is 1. The van der Waals surface area contributed by atoms with E-state index in [0.717, 1.165) is 5.56 Å². The lowest BCUT2D eigenvalue weighted by atomic mass is 10.1. The van der Waals surface area contributed by atoms with Crippen molar-refractivity contribution in [3.8, 4) is 0 Å². The molecule has 80 valence electrons. The molecule has 0 radical (unpaired) electrons. The predicted molar refractivity (Wildman–Crippen MR) is 58.6 cm³/mol. The van der Waals surface area contributed by atoms with Gasteiger partial charge in [0.25, 0.3) is 5.91 Å². The van der Waals surface area contributed by atoms with Gasteiger partial charge in [0, 0.05) is 11.9 Å². The summed E-state index contributed by atoms with van der Waals surface area (Å²) < 4.78 is 0. The van der Waals surface area contributed by atoms with Crippen LogP contribution in [0.4, 0.5) is 0 Å². The van der Waals surface area contributed by atoms with Crippen molar-refractivity contribution in [1.82, 2.24) is 5.48 Å². The standard InChI is InChI=1S/C10H11ClN2O2/c1-7(12-15-13-8(2)14)9-3-5-10(11)6-4-9/h3-6H,1-2H3,(H,13,14). The van der Waals surface area contributed by atoms with Gasteiger partial charge < -0.3 is 0 Å². The number of rotatable bonds is 3. The van der Waals surface area contributed by atoms with Crippen molar-refractivity contribution in [1.29, 1.82) is 0 Å². The summed E-state index contributed by atoms with van der Waals surface area (Å²) in [6.07, 6.45) is 0. The number of nitrogens with zero attached hydrogens (tertiary/aromatic N) is 1. The van der Waals surface area contributed by atoms with Gasteiger partial charge in [-0.05, 0) is 24.6 Å². The van der Waals surface area contributed by atoms with E-state index in [1.807, 2.05) is 12.1 Å². The van der Waals surface area contributed by atoms with Crippen LogP contribution in [0.2, 0.25) is 5.02 Å². The first kappa shape index (κ1) is 11.5. The Balaban J connectivity index is 2.63. The van der Waals surface area contributed by atoms with Crippen LogP contribution in [0.1, 0.15) is 19.4 Å². The molecule has 0 aliphatic heterocycles. The molecule has 1 N–H and O–H groups in total. The minimum absolute atomic E-state index is 0.303. The molecule has 0 aliphatic carbocycles. The smallest absolute Gasteiger partial charge is 0.251 e. The lowest BCUT2D eigenvalue weighted by Crippen LogP contribution is -2.18. The first-order valence-electron chi connectivity index (χ1n) is 4.32. The van der Waals surface area contributed by atoms with Gasteiger partial charge in [0.2, 0.25) is 0 Å². The van der Waals surface area contributed by atoms with Crippen molar-refractivity contribution < 1.29 is 9.73 Å². The molecule has 0 saturated carbocycles. The second-order valence-corrected chi connectivity index (χ2v) is 3.37. The lowest BCUT2D eigenvalue weighted by molar-refractivity contribution is -0.131. The quantitative estimate of drug-likeness (QED) is 0.634. The highest BCUT2D eigenvalue weighted by Crippen LogP contribution is 2.10. The van der Waals surface area contributed by atoms with Gasteiger partial charge >= 0.3 is 0 Å². The molecule has 0 saturated heterocycles. The molecule has 0 spiro atoms. The number of oxime groups is 1. The van der Waals surface area contributed by atoms with Gasteiger partial charge in [-0.3, -0.25) is 9.73 Å². The van der Waals surface area contributed by atoms with E-state index in [1.165, 1.54) is 6.92 Å². The van der Waals surface area contributed by atoms with Crippen LogP contribution < -0.4 is 5.48 Å². The summed E-state index contributed by atoms with van der Waals surface area (Å²) in [4.78, 5) is 15.1. The Kier molecular flexibility index (Phi) is 4.12. The number of amides is 1. The van der Waals surface area contributed by atoms with Crippen LogP contribution >= 0.6 is 11.6 Å². The van der Waals surface area contributed by atoms with Crippen LogP contribution in [0.5, 0.6) is 0 Å². The number of hydrogen-bond donors (Lipinski definition) is 1. The molecule has 0 bridgehead atoms. The number of halogens is 1. The van der Waals surface area contributed by atoms with Crippen molar-refractivity contribution in [2.75, 3.05) is 0 Å². The van der Waals surface area contributed by atoms with Gasteiger partial charge in [0.05, 0.1) is 5.71 Å². The first-order valence-corrected chi connectivity index (χ1v) is 4.70. The molecule has 4 nitrogen and oxygen atoms in total. The van der Waals surface area contributed by atoms with E-state index in [-0.39, 0.29) is 5.91 Å². The van der Waals surface area contributed by atoms with E-state index in [9.17, 15) is 4.79 Å². The maximum atomic E-state index is 10.5. The number of hydrogen-bond acceptors (Lipinski definition) is 3. The highest BCUT2D eigenvalue weighted by atomic mass is 35.5. The Labute approximate surface area is 92.8 Å². The van der Waals surface area contributed by atoms with E-state index in [2.05, 4.69) is 15.6 Å². The Morgan fingerprint density at radius 3 is 2.47 bits per heavy atom. The van der Waals surface area contributed by atoms with Crippen LogP contribution in [0, 0.1) is 0 Å². The van der Waals surface area contributed by atoms with E-state index < -0.39 is 0 Å². The van der Waals surface area contributed by atoms with Crippen molar-refractivity contribution in [3.05, 3.63) is 34.9 Å². The monoisotopic (exact) mass is 226 g/mol. The average Bonchev–Trinajstić information content (AvgIpc) is 2.18. The SMILES string of the molecule is CC(=O)NON=C(C)c1ccc(Cl)cc1. The highest BCUT2D eigenvalue weighted by Gasteiger charge is 1.98. The minimum Gasteiger partial charge on any atom is -0.272 e. The average molecular weight is 227 g/mol. The fraction of sp³-hybridized carbons (Fsp3) is 0.200.